The minimum Gasteiger partial charge on any atom is -0.481 e. The molecule has 4 fully saturated rings. The molecule has 4 aromatic carbocycles. The van der Waals surface area contributed by atoms with Gasteiger partial charge in [0.15, 0.2) is 0 Å². The number of hydrogen-bond donors (Lipinski definition) is 4. The van der Waals surface area contributed by atoms with Gasteiger partial charge >= 0.3 is 0 Å². The van der Waals surface area contributed by atoms with Gasteiger partial charge in [-0.05, 0) is 294 Å². The summed E-state index contributed by atoms with van der Waals surface area (Å²) in [5.74, 6) is 6.77. The van der Waals surface area contributed by atoms with E-state index >= 15 is 0 Å². The number of anilines is 4. The van der Waals surface area contributed by atoms with Crippen molar-refractivity contribution in [3.63, 3.8) is 0 Å². The number of nitrogens with zero attached hydrogens (tertiary/aromatic N) is 4. The third-order valence-electron chi connectivity index (χ3n) is 21.8. The number of methoxy groups -OCH3 is 4. The number of benzene rings is 4. The quantitative estimate of drug-likeness (QED) is 0.0563. The summed E-state index contributed by atoms with van der Waals surface area (Å²) in [5.41, 5.74) is 8.32. The Morgan fingerprint density at radius 1 is 0.298 bits per heavy atom. The first-order valence-corrected chi connectivity index (χ1v) is 38.0. The molecule has 4 saturated carbocycles. The van der Waals surface area contributed by atoms with E-state index in [0.717, 1.165) is 125 Å². The van der Waals surface area contributed by atoms with Crippen LogP contribution in [-0.2, 0) is 19.2 Å². The van der Waals surface area contributed by atoms with Gasteiger partial charge in [0.1, 0.15) is 0 Å². The normalized spacial score (nSPS) is 21.0. The van der Waals surface area contributed by atoms with Crippen LogP contribution in [0.2, 0.25) is 20.1 Å². The van der Waals surface area contributed by atoms with Gasteiger partial charge in [0.25, 0.3) is 0 Å². The highest BCUT2D eigenvalue weighted by atomic mass is 35.5. The molecular weight excluding hydrogens is 1390 g/mol. The van der Waals surface area contributed by atoms with E-state index in [0.29, 0.717) is 91.0 Å². The number of amides is 4. The van der Waals surface area contributed by atoms with Crippen molar-refractivity contribution < 1.29 is 38.1 Å². The molecule has 16 nitrogen and oxygen atoms in total. The molecule has 4 atom stereocenters. The van der Waals surface area contributed by atoms with E-state index in [9.17, 15) is 19.2 Å². The van der Waals surface area contributed by atoms with E-state index in [4.69, 9.17) is 65.4 Å². The van der Waals surface area contributed by atoms with Gasteiger partial charge in [0, 0.05) is 116 Å². The lowest BCUT2D eigenvalue weighted by atomic mass is 9.74. The minimum absolute atomic E-state index is 0.00129. The molecule has 8 aromatic rings. The molecule has 0 unspecified atom stereocenters. The number of nitrogens with one attached hydrogen (secondary N) is 4. The van der Waals surface area contributed by atoms with E-state index in [-0.39, 0.29) is 47.3 Å². The lowest BCUT2D eigenvalue weighted by Gasteiger charge is -2.32. The Labute approximate surface area is 634 Å². The lowest BCUT2D eigenvalue weighted by molar-refractivity contribution is -0.122. The fourth-order valence-corrected chi connectivity index (χ4v) is 15.5. The largest absolute Gasteiger partial charge is 0.481 e. The summed E-state index contributed by atoms with van der Waals surface area (Å²) >= 11 is 23.6. The van der Waals surface area contributed by atoms with Crippen LogP contribution >= 0.6 is 46.4 Å². The van der Waals surface area contributed by atoms with E-state index in [2.05, 4.69) is 65.5 Å². The van der Waals surface area contributed by atoms with Crippen LogP contribution in [0.5, 0.6) is 23.5 Å². The van der Waals surface area contributed by atoms with Gasteiger partial charge in [-0.25, -0.2) is 19.9 Å². The topological polar surface area (TPSA) is 205 Å². The minimum atomic E-state index is -0.00129. The lowest BCUT2D eigenvalue weighted by Crippen LogP contribution is -2.29. The second-order valence-electron chi connectivity index (χ2n) is 28.1. The zero-order valence-electron chi connectivity index (χ0n) is 61.0. The molecule has 4 aliphatic rings. The van der Waals surface area contributed by atoms with Crippen molar-refractivity contribution in [1.29, 1.82) is 0 Å². The average Bonchev–Trinajstić information content (AvgIpc) is 0.856. The summed E-state index contributed by atoms with van der Waals surface area (Å²) in [5, 5.41) is 14.7. The Bertz CT molecular complexity index is 3480. The monoisotopic (exact) mass is 1490 g/mol. The molecule has 4 N–H and O–H groups in total. The maximum Gasteiger partial charge on any atom is 0.227 e. The van der Waals surface area contributed by atoms with Crippen molar-refractivity contribution >= 4 is 92.8 Å². The third-order valence-corrected chi connectivity index (χ3v) is 22.8. The molecule has 0 saturated heterocycles. The van der Waals surface area contributed by atoms with E-state index in [1.54, 1.807) is 77.0 Å². The molecular formula is C84H100Cl4N8O8. The zero-order valence-corrected chi connectivity index (χ0v) is 64.0. The molecule has 4 amide bonds. The highest BCUT2D eigenvalue weighted by molar-refractivity contribution is 6.31. The predicted molar refractivity (Wildman–Crippen MR) is 419 cm³/mol. The van der Waals surface area contributed by atoms with Crippen molar-refractivity contribution in [2.45, 2.75) is 154 Å². The van der Waals surface area contributed by atoms with Gasteiger partial charge in [-0.1, -0.05) is 74.1 Å². The van der Waals surface area contributed by atoms with Crippen LogP contribution in [0, 0.1) is 47.3 Å². The standard InChI is InChI=1S/4C21H25ClN2O2/c4*1-14(21(25)24-19-9-7-18(22)8-10-19)15-3-5-16(6-4-15)17-11-12-23-20(13-17)26-2/h4*7-16H,3-6H2,1-2H3,(H,24,25)/t4*14-,15?,16?/m1100/s1. The van der Waals surface area contributed by atoms with E-state index in [1.165, 1.54) is 22.3 Å². The number of rotatable bonds is 20. The van der Waals surface area contributed by atoms with Crippen molar-refractivity contribution in [2.24, 2.45) is 47.3 Å². The summed E-state index contributed by atoms with van der Waals surface area (Å²) in [6.07, 6.45) is 24.5. The molecule has 4 aromatic heterocycles. The van der Waals surface area contributed by atoms with Gasteiger partial charge in [-0.3, -0.25) is 19.2 Å². The summed E-state index contributed by atoms with van der Waals surface area (Å²) in [7, 11) is 6.57. The SMILES string of the molecule is COc1cc(C2CCC([C@@H](C)C(=O)Nc3ccc(Cl)cc3)CC2)ccn1.COc1cc(C2CCC([C@@H](C)C(=O)Nc3ccc(Cl)cc3)CC2)ccn1.COc1cc(C2CCC([C@H](C)C(=O)Nc3ccc(Cl)cc3)CC2)ccn1.COc1cc(C2CCC([C@H](C)C(=O)Nc3ccc(Cl)cc3)CC2)ccn1. The highest BCUT2D eigenvalue weighted by Gasteiger charge is 2.34. The first-order chi connectivity index (χ1) is 50.3. The Morgan fingerprint density at radius 3 is 0.635 bits per heavy atom. The molecule has 0 bridgehead atoms. The van der Waals surface area contributed by atoms with Crippen LogP contribution in [0.3, 0.4) is 0 Å². The molecule has 12 rings (SSSR count). The molecule has 0 aliphatic heterocycles. The number of ether oxygens (including phenoxy) is 4. The smallest absolute Gasteiger partial charge is 0.227 e. The number of carbonyl (C=O) groups excluding carboxylic acids is 4. The molecule has 4 aliphatic carbocycles. The summed E-state index contributed by atoms with van der Waals surface area (Å²) < 4.78 is 20.9. The third kappa shape index (κ3) is 23.9. The summed E-state index contributed by atoms with van der Waals surface area (Å²) in [6.45, 7) is 8.13. The van der Waals surface area contributed by atoms with Gasteiger partial charge in [-0.2, -0.15) is 0 Å². The van der Waals surface area contributed by atoms with Crippen molar-refractivity contribution in [3.8, 4) is 23.5 Å². The highest BCUT2D eigenvalue weighted by Crippen LogP contribution is 2.44. The van der Waals surface area contributed by atoms with E-state index < -0.39 is 0 Å². The number of pyridine rings is 4. The fourth-order valence-electron chi connectivity index (χ4n) is 15.0. The molecule has 0 radical (unpaired) electrons. The van der Waals surface area contributed by atoms with Crippen LogP contribution in [0.15, 0.2) is 170 Å². The second-order valence-corrected chi connectivity index (χ2v) is 29.9. The van der Waals surface area contributed by atoms with Crippen LogP contribution in [-0.4, -0.2) is 72.0 Å². The van der Waals surface area contributed by atoms with Crippen LogP contribution in [0.4, 0.5) is 22.7 Å². The van der Waals surface area contributed by atoms with Gasteiger partial charge < -0.3 is 40.2 Å². The maximum atomic E-state index is 12.6. The first-order valence-electron chi connectivity index (χ1n) is 36.5. The van der Waals surface area contributed by atoms with Crippen LogP contribution < -0.4 is 40.2 Å². The molecule has 4 heterocycles. The molecule has 104 heavy (non-hydrogen) atoms. The number of aromatic nitrogens is 4. The Kier molecular flexibility index (Phi) is 30.9. The molecule has 20 heteroatoms. The average molecular weight is 1490 g/mol. The van der Waals surface area contributed by atoms with Gasteiger partial charge in [0.2, 0.25) is 47.1 Å². The van der Waals surface area contributed by atoms with Crippen molar-refractivity contribution in [1.82, 2.24) is 19.9 Å². The van der Waals surface area contributed by atoms with Crippen LogP contribution in [0.1, 0.15) is 176 Å². The predicted octanol–water partition coefficient (Wildman–Crippen LogP) is 21.2. The van der Waals surface area contributed by atoms with Gasteiger partial charge in [-0.15, -0.1) is 0 Å². The molecule has 0 spiro atoms. The summed E-state index contributed by atoms with van der Waals surface area (Å²) in [6, 6.07) is 45.4. The first kappa shape index (κ1) is 79.8. The summed E-state index contributed by atoms with van der Waals surface area (Å²) in [4.78, 5) is 67.0. The van der Waals surface area contributed by atoms with Crippen molar-refractivity contribution in [3.05, 3.63) is 213 Å². The number of carbonyl (C=O) groups is 4. The second kappa shape index (κ2) is 40.3. The Balaban J connectivity index is 0.000000161. The number of hydrogen-bond acceptors (Lipinski definition) is 12. The molecule has 552 valence electrons. The van der Waals surface area contributed by atoms with Crippen LogP contribution in [0.25, 0.3) is 0 Å². The Hall–Kier alpha value is -8.28. The fraction of sp³-hybridized carbons (Fsp3) is 0.429. The zero-order chi connectivity index (χ0) is 74.1. The number of halogens is 4. The Morgan fingerprint density at radius 2 is 0.471 bits per heavy atom. The van der Waals surface area contributed by atoms with E-state index in [1.807, 2.05) is 125 Å². The van der Waals surface area contributed by atoms with Crippen molar-refractivity contribution in [2.75, 3.05) is 49.7 Å². The maximum absolute atomic E-state index is 12.6. The van der Waals surface area contributed by atoms with Gasteiger partial charge in [0.05, 0.1) is 28.4 Å².